The zero-order valence-electron chi connectivity index (χ0n) is 15.1. The average molecular weight is 509 g/mol. The van der Waals surface area contributed by atoms with E-state index in [-0.39, 0.29) is 11.0 Å². The van der Waals surface area contributed by atoms with Crippen molar-refractivity contribution in [3.63, 3.8) is 0 Å². The monoisotopic (exact) mass is 507 g/mol. The third-order valence-corrected chi connectivity index (χ3v) is 5.54. The molecule has 0 spiro atoms. The van der Waals surface area contributed by atoms with Gasteiger partial charge in [-0.2, -0.15) is 0 Å². The minimum absolute atomic E-state index is 0.174. The fourth-order valence-corrected chi connectivity index (χ4v) is 3.97. The Balaban J connectivity index is 1.57. The van der Waals surface area contributed by atoms with Gasteiger partial charge in [0.05, 0.1) is 17.3 Å². The second-order valence-electron chi connectivity index (χ2n) is 5.72. The second-order valence-corrected chi connectivity index (χ2v) is 8.27. The van der Waals surface area contributed by atoms with Gasteiger partial charge >= 0.3 is 0 Å². The molecule has 0 aliphatic carbocycles. The Morgan fingerprint density at radius 3 is 2.72 bits per heavy atom. The van der Waals surface area contributed by atoms with Crippen molar-refractivity contribution >= 4 is 73.3 Å². The molecule has 9 heteroatoms. The van der Waals surface area contributed by atoms with E-state index in [2.05, 4.69) is 31.5 Å². The molecular formula is C20H15BrClN3O2S2. The van der Waals surface area contributed by atoms with E-state index in [0.717, 1.165) is 27.0 Å². The SMILES string of the molecule is COc1ccc(-c2csc(NC(=S)NC(=O)C=Cc3ccc(Cl)cc3)n2)cc1Br. The molecular weight excluding hydrogens is 494 g/mol. The van der Waals surface area contributed by atoms with Gasteiger partial charge in [0.1, 0.15) is 5.75 Å². The summed E-state index contributed by atoms with van der Waals surface area (Å²) in [5, 5.41) is 8.82. The van der Waals surface area contributed by atoms with Crippen LogP contribution in [0.5, 0.6) is 5.75 Å². The molecule has 3 rings (SSSR count). The van der Waals surface area contributed by atoms with Crippen LogP contribution >= 0.6 is 51.1 Å². The van der Waals surface area contributed by atoms with Gasteiger partial charge in [-0.1, -0.05) is 23.7 Å². The number of halogens is 2. The van der Waals surface area contributed by atoms with Crippen LogP contribution in [0, 0.1) is 0 Å². The third kappa shape index (κ3) is 6.11. The molecule has 0 saturated heterocycles. The molecule has 148 valence electrons. The first-order valence-corrected chi connectivity index (χ1v) is 10.8. The van der Waals surface area contributed by atoms with Crippen molar-refractivity contribution < 1.29 is 9.53 Å². The lowest BCUT2D eigenvalue weighted by atomic mass is 10.2. The maximum absolute atomic E-state index is 12.0. The number of aromatic nitrogens is 1. The molecule has 2 aromatic carbocycles. The molecule has 1 heterocycles. The molecule has 2 N–H and O–H groups in total. The van der Waals surface area contributed by atoms with Gasteiger partial charge in [-0.25, -0.2) is 4.98 Å². The molecule has 0 bridgehead atoms. The van der Waals surface area contributed by atoms with Crippen molar-refractivity contribution in [2.45, 2.75) is 0 Å². The Labute approximate surface area is 190 Å². The van der Waals surface area contributed by atoms with Crippen molar-refractivity contribution in [1.82, 2.24) is 10.3 Å². The van der Waals surface area contributed by atoms with Gasteiger partial charge in [0.15, 0.2) is 10.2 Å². The Bertz CT molecular complexity index is 1070. The number of carbonyl (C=O) groups excluding carboxylic acids is 1. The molecule has 1 aromatic heterocycles. The number of nitrogens with zero attached hydrogens (tertiary/aromatic N) is 1. The number of benzene rings is 2. The summed E-state index contributed by atoms with van der Waals surface area (Å²) in [5.41, 5.74) is 2.58. The summed E-state index contributed by atoms with van der Waals surface area (Å²) in [5.74, 6) is 0.409. The normalized spacial score (nSPS) is 10.7. The van der Waals surface area contributed by atoms with E-state index >= 15 is 0 Å². The minimum Gasteiger partial charge on any atom is -0.496 e. The Hall–Kier alpha value is -2.26. The largest absolute Gasteiger partial charge is 0.496 e. The van der Waals surface area contributed by atoms with Gasteiger partial charge in [-0.05, 0) is 70.1 Å². The lowest BCUT2D eigenvalue weighted by Gasteiger charge is -2.05. The van der Waals surface area contributed by atoms with Crippen molar-refractivity contribution in [2.75, 3.05) is 12.4 Å². The number of carbonyl (C=O) groups is 1. The summed E-state index contributed by atoms with van der Waals surface area (Å²) < 4.78 is 6.08. The maximum Gasteiger partial charge on any atom is 0.250 e. The number of anilines is 1. The van der Waals surface area contributed by atoms with E-state index in [1.807, 2.05) is 35.7 Å². The van der Waals surface area contributed by atoms with Gasteiger partial charge in [-0.15, -0.1) is 11.3 Å². The zero-order chi connectivity index (χ0) is 20.8. The molecule has 1 amide bonds. The van der Waals surface area contributed by atoms with Crippen LogP contribution in [0.2, 0.25) is 5.02 Å². The van der Waals surface area contributed by atoms with E-state index in [9.17, 15) is 4.79 Å². The summed E-state index contributed by atoms with van der Waals surface area (Å²) in [6.45, 7) is 0. The van der Waals surface area contributed by atoms with Crippen LogP contribution in [0.15, 0.2) is 58.4 Å². The molecule has 0 aliphatic rings. The molecule has 0 radical (unpaired) electrons. The van der Waals surface area contributed by atoms with Gasteiger partial charge in [0.2, 0.25) is 5.91 Å². The molecule has 29 heavy (non-hydrogen) atoms. The summed E-state index contributed by atoms with van der Waals surface area (Å²) >= 11 is 15.9. The van der Waals surface area contributed by atoms with Crippen molar-refractivity contribution in [1.29, 1.82) is 0 Å². The lowest BCUT2D eigenvalue weighted by Crippen LogP contribution is -2.32. The fourth-order valence-electron chi connectivity index (χ4n) is 2.32. The fraction of sp³-hybridized carbons (Fsp3) is 0.0500. The van der Waals surface area contributed by atoms with Gasteiger partial charge in [0, 0.05) is 22.0 Å². The third-order valence-electron chi connectivity index (χ3n) is 3.71. The zero-order valence-corrected chi connectivity index (χ0v) is 19.1. The standard InChI is InChI=1S/C20H15BrClN3O2S2/c1-27-17-8-5-13(10-15(17)21)16-11-29-20(23-16)25-19(28)24-18(26)9-4-12-2-6-14(22)7-3-12/h2-11H,1H3,(H2,23,24,25,26,28). The van der Waals surface area contributed by atoms with Crippen LogP contribution < -0.4 is 15.4 Å². The quantitative estimate of drug-likeness (QED) is 0.339. The highest BCUT2D eigenvalue weighted by molar-refractivity contribution is 9.10. The molecule has 5 nitrogen and oxygen atoms in total. The molecule has 0 saturated carbocycles. The number of amides is 1. The highest BCUT2D eigenvalue weighted by atomic mass is 79.9. The second kappa shape index (κ2) is 9.98. The van der Waals surface area contributed by atoms with Crippen LogP contribution in [0.4, 0.5) is 5.13 Å². The highest BCUT2D eigenvalue weighted by Gasteiger charge is 2.09. The van der Waals surface area contributed by atoms with Crippen LogP contribution in [0.25, 0.3) is 17.3 Å². The number of thiocarbonyl (C=S) groups is 1. The van der Waals surface area contributed by atoms with Crippen LogP contribution in [0.3, 0.4) is 0 Å². The smallest absolute Gasteiger partial charge is 0.250 e. The summed E-state index contributed by atoms with van der Waals surface area (Å²) in [6, 6.07) is 12.9. The van der Waals surface area contributed by atoms with E-state index in [4.69, 9.17) is 28.6 Å². The van der Waals surface area contributed by atoms with E-state index in [1.54, 1.807) is 25.3 Å². The van der Waals surface area contributed by atoms with E-state index in [0.29, 0.717) is 10.2 Å². The van der Waals surface area contributed by atoms with E-state index in [1.165, 1.54) is 17.4 Å². The topological polar surface area (TPSA) is 63.2 Å². The maximum atomic E-state index is 12.0. The summed E-state index contributed by atoms with van der Waals surface area (Å²) in [4.78, 5) is 16.5. The first-order chi connectivity index (χ1) is 13.9. The van der Waals surface area contributed by atoms with Gasteiger partial charge < -0.3 is 10.1 Å². The predicted octanol–water partition coefficient (Wildman–Crippen LogP) is 5.76. The molecule has 0 atom stereocenters. The van der Waals surface area contributed by atoms with Crippen molar-refractivity contribution in [3.05, 3.63) is 69.0 Å². The van der Waals surface area contributed by atoms with E-state index < -0.39 is 0 Å². The van der Waals surface area contributed by atoms with Crippen LogP contribution in [-0.4, -0.2) is 23.1 Å². The average Bonchev–Trinajstić information content (AvgIpc) is 3.15. The van der Waals surface area contributed by atoms with Gasteiger partial charge in [0.25, 0.3) is 0 Å². The number of methoxy groups -OCH3 is 1. The van der Waals surface area contributed by atoms with Crippen LogP contribution in [-0.2, 0) is 4.79 Å². The number of hydrogen-bond acceptors (Lipinski definition) is 5. The van der Waals surface area contributed by atoms with Crippen molar-refractivity contribution in [3.8, 4) is 17.0 Å². The Morgan fingerprint density at radius 1 is 1.28 bits per heavy atom. The predicted molar refractivity (Wildman–Crippen MR) is 127 cm³/mol. The first-order valence-electron chi connectivity index (χ1n) is 8.29. The van der Waals surface area contributed by atoms with Gasteiger partial charge in [-0.3, -0.25) is 10.1 Å². The molecule has 0 aliphatic heterocycles. The molecule has 0 fully saturated rings. The Morgan fingerprint density at radius 2 is 2.03 bits per heavy atom. The van der Waals surface area contributed by atoms with Crippen molar-refractivity contribution in [2.24, 2.45) is 0 Å². The number of hydrogen-bond donors (Lipinski definition) is 2. The number of rotatable bonds is 5. The first kappa shape index (κ1) is 21.4. The summed E-state index contributed by atoms with van der Waals surface area (Å²) in [7, 11) is 1.62. The van der Waals surface area contributed by atoms with Crippen LogP contribution in [0.1, 0.15) is 5.56 Å². The number of ether oxygens (including phenoxy) is 1. The molecule has 0 unspecified atom stereocenters. The highest BCUT2D eigenvalue weighted by Crippen LogP contribution is 2.32. The lowest BCUT2D eigenvalue weighted by molar-refractivity contribution is -0.115. The molecule has 3 aromatic rings. The minimum atomic E-state index is -0.340. The number of nitrogens with one attached hydrogen (secondary N) is 2. The Kier molecular flexibility index (Phi) is 7.38. The summed E-state index contributed by atoms with van der Waals surface area (Å²) in [6.07, 6.45) is 3.08. The number of thiazole rings is 1.